The number of amides is 2. The van der Waals surface area contributed by atoms with E-state index in [1.165, 1.54) is 12.8 Å². The Hall–Kier alpha value is -3.36. The van der Waals surface area contributed by atoms with Gasteiger partial charge in [0, 0.05) is 42.4 Å². The normalized spacial score (nSPS) is 20.4. The van der Waals surface area contributed by atoms with Crippen molar-refractivity contribution in [3.05, 3.63) is 85.2 Å². The van der Waals surface area contributed by atoms with Crippen molar-refractivity contribution < 1.29 is 9.59 Å². The van der Waals surface area contributed by atoms with Crippen molar-refractivity contribution in [3.63, 3.8) is 0 Å². The first kappa shape index (κ1) is 26.8. The van der Waals surface area contributed by atoms with Gasteiger partial charge in [0.2, 0.25) is 5.95 Å². The number of benzene rings is 2. The molecule has 2 fully saturated rings. The van der Waals surface area contributed by atoms with Crippen LogP contribution in [0.15, 0.2) is 47.3 Å². The van der Waals surface area contributed by atoms with E-state index >= 15 is 0 Å². The standard InChI is InChI=1S/C30H31Cl2N5O3/c1-17-14-22-25(16-36(17)28(39)20-9-12-23(31)24(32)15-20)34-30(35-13-3-4-26(35)18-5-6-18)37(29(22)40)21-10-7-19(8-11-21)27(38)33-2/h7-12,15,17-18,26H,3-6,13-14,16H2,1-2H3,(H,33,38)/t17-,26+/m1/s1. The Balaban J connectivity index is 1.43. The van der Waals surface area contributed by atoms with Crippen LogP contribution in [0.4, 0.5) is 5.95 Å². The van der Waals surface area contributed by atoms with Crippen molar-refractivity contribution in [2.75, 3.05) is 18.5 Å². The number of aromatic nitrogens is 2. The van der Waals surface area contributed by atoms with E-state index in [0.29, 0.717) is 62.4 Å². The van der Waals surface area contributed by atoms with Crippen LogP contribution < -0.4 is 15.8 Å². The molecule has 2 aromatic carbocycles. The topological polar surface area (TPSA) is 87.5 Å². The average molecular weight is 581 g/mol. The van der Waals surface area contributed by atoms with E-state index in [0.717, 1.165) is 19.4 Å². The van der Waals surface area contributed by atoms with Crippen molar-refractivity contribution in [1.29, 1.82) is 0 Å². The average Bonchev–Trinajstić information content (AvgIpc) is 3.69. The summed E-state index contributed by atoms with van der Waals surface area (Å²) in [4.78, 5) is 49.0. The Labute approximate surface area is 242 Å². The van der Waals surface area contributed by atoms with Gasteiger partial charge in [0.1, 0.15) is 0 Å². The SMILES string of the molecule is CNC(=O)c1ccc(-n2c(N3CCC[C@H]3C3CC3)nc3c(c2=O)C[C@@H](C)N(C(=O)c2ccc(Cl)c(Cl)c2)C3)cc1. The second-order valence-electron chi connectivity index (χ2n) is 11.0. The molecule has 0 unspecified atom stereocenters. The third-order valence-electron chi connectivity index (χ3n) is 8.36. The molecule has 3 aromatic rings. The quantitative estimate of drug-likeness (QED) is 0.466. The highest BCUT2D eigenvalue weighted by atomic mass is 35.5. The number of nitrogens with zero attached hydrogens (tertiary/aromatic N) is 4. The zero-order chi connectivity index (χ0) is 28.1. The Morgan fingerprint density at radius 1 is 1.00 bits per heavy atom. The Kier molecular flexibility index (Phi) is 7.09. The lowest BCUT2D eigenvalue weighted by atomic mass is 9.98. The zero-order valence-corrected chi connectivity index (χ0v) is 24.0. The van der Waals surface area contributed by atoms with Crippen LogP contribution in [0.25, 0.3) is 5.69 Å². The minimum atomic E-state index is -0.218. The molecule has 0 spiro atoms. The lowest BCUT2D eigenvalue weighted by Gasteiger charge is -2.36. The second kappa shape index (κ2) is 10.6. The molecule has 2 atom stereocenters. The molecule has 40 heavy (non-hydrogen) atoms. The minimum absolute atomic E-state index is 0.123. The number of anilines is 1. The van der Waals surface area contributed by atoms with Gasteiger partial charge in [0.15, 0.2) is 0 Å². The number of halogens is 2. The highest BCUT2D eigenvalue weighted by molar-refractivity contribution is 6.42. The molecule has 8 nitrogen and oxygen atoms in total. The zero-order valence-electron chi connectivity index (χ0n) is 22.5. The van der Waals surface area contributed by atoms with E-state index in [-0.39, 0.29) is 30.0 Å². The molecule has 3 heterocycles. The monoisotopic (exact) mass is 579 g/mol. The number of carbonyl (C=O) groups excluding carboxylic acids is 2. The van der Waals surface area contributed by atoms with Crippen molar-refractivity contribution in [3.8, 4) is 5.69 Å². The molecule has 6 rings (SSSR count). The molecule has 208 valence electrons. The van der Waals surface area contributed by atoms with Gasteiger partial charge in [-0.2, -0.15) is 0 Å². The Morgan fingerprint density at radius 2 is 1.73 bits per heavy atom. The smallest absolute Gasteiger partial charge is 0.263 e. The van der Waals surface area contributed by atoms with Crippen LogP contribution in [0, 0.1) is 5.92 Å². The predicted molar refractivity (Wildman–Crippen MR) is 156 cm³/mol. The van der Waals surface area contributed by atoms with Gasteiger partial charge in [-0.05, 0) is 87.4 Å². The van der Waals surface area contributed by atoms with E-state index in [9.17, 15) is 14.4 Å². The number of carbonyl (C=O) groups is 2. The molecule has 1 saturated carbocycles. The molecule has 1 aliphatic carbocycles. The molecule has 3 aliphatic rings. The van der Waals surface area contributed by atoms with Crippen LogP contribution in [0.1, 0.15) is 64.6 Å². The van der Waals surface area contributed by atoms with Gasteiger partial charge in [-0.25, -0.2) is 9.55 Å². The van der Waals surface area contributed by atoms with Gasteiger partial charge in [-0.3, -0.25) is 14.4 Å². The second-order valence-corrected chi connectivity index (χ2v) is 11.8. The van der Waals surface area contributed by atoms with Crippen molar-refractivity contribution in [2.24, 2.45) is 5.92 Å². The van der Waals surface area contributed by atoms with E-state index in [1.807, 2.05) is 6.92 Å². The van der Waals surface area contributed by atoms with Crippen molar-refractivity contribution in [2.45, 2.75) is 57.7 Å². The van der Waals surface area contributed by atoms with Crippen molar-refractivity contribution >= 4 is 41.0 Å². The van der Waals surface area contributed by atoms with Crippen LogP contribution in [0.2, 0.25) is 10.0 Å². The summed E-state index contributed by atoms with van der Waals surface area (Å²) in [7, 11) is 1.59. The maximum absolute atomic E-state index is 14.2. The molecule has 1 N–H and O–H groups in total. The summed E-state index contributed by atoms with van der Waals surface area (Å²) >= 11 is 12.3. The maximum Gasteiger partial charge on any atom is 0.263 e. The van der Waals surface area contributed by atoms with Gasteiger partial charge in [-0.15, -0.1) is 0 Å². The summed E-state index contributed by atoms with van der Waals surface area (Å²) in [5.74, 6) is 0.872. The lowest BCUT2D eigenvalue weighted by Crippen LogP contribution is -2.47. The van der Waals surface area contributed by atoms with E-state index in [1.54, 1.807) is 59.0 Å². The van der Waals surface area contributed by atoms with E-state index in [2.05, 4.69) is 10.2 Å². The number of fused-ring (bicyclic) bond motifs is 1. The van der Waals surface area contributed by atoms with Crippen LogP contribution in [-0.4, -0.2) is 51.9 Å². The Bertz CT molecular complexity index is 1550. The molecule has 0 bridgehead atoms. The summed E-state index contributed by atoms with van der Waals surface area (Å²) in [6, 6.07) is 12.1. The molecule has 1 saturated heterocycles. The molecular weight excluding hydrogens is 549 g/mol. The van der Waals surface area contributed by atoms with Gasteiger partial charge < -0.3 is 15.1 Å². The van der Waals surface area contributed by atoms with Gasteiger partial charge in [0.05, 0.1) is 28.0 Å². The fraction of sp³-hybridized carbons (Fsp3) is 0.400. The Morgan fingerprint density at radius 3 is 2.40 bits per heavy atom. The van der Waals surface area contributed by atoms with E-state index < -0.39 is 0 Å². The summed E-state index contributed by atoms with van der Waals surface area (Å²) in [5, 5.41) is 3.35. The fourth-order valence-corrected chi connectivity index (χ4v) is 6.35. The summed E-state index contributed by atoms with van der Waals surface area (Å²) in [6.45, 7) is 3.00. The number of rotatable bonds is 5. The number of hydrogen-bond donors (Lipinski definition) is 1. The highest BCUT2D eigenvalue weighted by Crippen LogP contribution is 2.42. The number of nitrogens with one attached hydrogen (secondary N) is 1. The summed E-state index contributed by atoms with van der Waals surface area (Å²) < 4.78 is 1.70. The van der Waals surface area contributed by atoms with Crippen LogP contribution in [0.3, 0.4) is 0 Å². The van der Waals surface area contributed by atoms with Crippen LogP contribution in [0.5, 0.6) is 0 Å². The first-order chi connectivity index (χ1) is 19.3. The molecule has 10 heteroatoms. The first-order valence-electron chi connectivity index (χ1n) is 13.8. The fourth-order valence-electron chi connectivity index (χ4n) is 6.06. The molecule has 1 aromatic heterocycles. The summed E-state index contributed by atoms with van der Waals surface area (Å²) in [6.07, 6.45) is 4.90. The van der Waals surface area contributed by atoms with Crippen molar-refractivity contribution in [1.82, 2.24) is 19.8 Å². The molecule has 2 amide bonds. The van der Waals surface area contributed by atoms with Gasteiger partial charge >= 0.3 is 0 Å². The minimum Gasteiger partial charge on any atom is -0.355 e. The lowest BCUT2D eigenvalue weighted by molar-refractivity contribution is 0.0653. The number of hydrogen-bond acceptors (Lipinski definition) is 5. The highest BCUT2D eigenvalue weighted by Gasteiger charge is 2.41. The molecule has 2 aliphatic heterocycles. The third-order valence-corrected chi connectivity index (χ3v) is 9.10. The van der Waals surface area contributed by atoms with Crippen LogP contribution >= 0.6 is 23.2 Å². The van der Waals surface area contributed by atoms with E-state index in [4.69, 9.17) is 28.2 Å². The largest absolute Gasteiger partial charge is 0.355 e. The maximum atomic E-state index is 14.2. The predicted octanol–water partition coefficient (Wildman–Crippen LogP) is 4.86. The molecular formula is C30H31Cl2N5O3. The third kappa shape index (κ3) is 4.77. The molecule has 0 radical (unpaired) electrons. The van der Waals surface area contributed by atoms with Gasteiger partial charge in [0.25, 0.3) is 17.4 Å². The summed E-state index contributed by atoms with van der Waals surface area (Å²) in [5.41, 5.74) is 2.77. The first-order valence-corrected chi connectivity index (χ1v) is 14.5. The van der Waals surface area contributed by atoms with Gasteiger partial charge in [-0.1, -0.05) is 23.2 Å². The van der Waals surface area contributed by atoms with Crippen LogP contribution in [-0.2, 0) is 13.0 Å².